The average molecular weight is 298 g/mol. The van der Waals surface area contributed by atoms with Gasteiger partial charge in [-0.1, -0.05) is 0 Å². The summed E-state index contributed by atoms with van der Waals surface area (Å²) in [5, 5.41) is 12.8. The molecule has 1 amide bonds. The zero-order valence-corrected chi connectivity index (χ0v) is 12.2. The van der Waals surface area contributed by atoms with Crippen LogP contribution in [0.25, 0.3) is 0 Å². The van der Waals surface area contributed by atoms with Gasteiger partial charge in [0.25, 0.3) is 0 Å². The highest BCUT2D eigenvalue weighted by Gasteiger charge is 2.23. The number of rotatable bonds is 3. The lowest BCUT2D eigenvalue weighted by Gasteiger charge is -2.04. The molecule has 1 aliphatic carbocycles. The Morgan fingerprint density at radius 1 is 1.48 bits per heavy atom. The van der Waals surface area contributed by atoms with Gasteiger partial charge < -0.3 is 11.1 Å². The van der Waals surface area contributed by atoms with Crippen molar-refractivity contribution in [2.24, 2.45) is 0 Å². The van der Waals surface area contributed by atoms with E-state index >= 15 is 0 Å². The number of nitrogens with two attached hydrogens (primary N) is 1. The molecule has 2 heterocycles. The molecule has 2 aromatic rings. The van der Waals surface area contributed by atoms with Crippen LogP contribution in [0.1, 0.15) is 28.1 Å². The Labute approximate surface area is 126 Å². The molecule has 0 radical (unpaired) electrons. The molecule has 2 aromatic heterocycles. The highest BCUT2D eigenvalue weighted by Crippen LogP contribution is 2.38. The summed E-state index contributed by atoms with van der Waals surface area (Å²) in [5.41, 5.74) is 8.53. The maximum atomic E-state index is 12.1. The number of nitrogens with zero attached hydrogens (tertiary/aromatic N) is 2. The number of aromatic nitrogens is 1. The average Bonchev–Trinajstić information content (AvgIpc) is 3.01. The van der Waals surface area contributed by atoms with Gasteiger partial charge in [-0.25, -0.2) is 0 Å². The van der Waals surface area contributed by atoms with E-state index in [0.29, 0.717) is 21.9 Å². The number of hydrogen-bond donors (Lipinski definition) is 2. The number of nitrogens with one attached hydrogen (secondary N) is 1. The Kier molecular flexibility index (Phi) is 3.59. The van der Waals surface area contributed by atoms with Crippen LogP contribution in [0.5, 0.6) is 0 Å². The number of amides is 1. The normalized spacial score (nSPS) is 12.7. The molecule has 3 rings (SSSR count). The smallest absolute Gasteiger partial charge is 0.231 e. The number of pyridine rings is 1. The fraction of sp³-hybridized carbons (Fsp3) is 0.267. The number of carbonyl (C=O) groups is 1. The molecule has 0 saturated carbocycles. The van der Waals surface area contributed by atoms with Crippen LogP contribution in [0.4, 0.5) is 10.7 Å². The third-order valence-corrected chi connectivity index (χ3v) is 4.68. The molecule has 6 heteroatoms. The Morgan fingerprint density at radius 2 is 2.33 bits per heavy atom. The second-order valence-electron chi connectivity index (χ2n) is 4.98. The summed E-state index contributed by atoms with van der Waals surface area (Å²) in [4.78, 5) is 17.4. The molecule has 0 bridgehead atoms. The summed E-state index contributed by atoms with van der Waals surface area (Å²) in [5.74, 6) is -0.163. The quantitative estimate of drug-likeness (QED) is 0.909. The Bertz CT molecular complexity index is 727. The van der Waals surface area contributed by atoms with E-state index in [2.05, 4.69) is 16.4 Å². The number of nitriles is 1. The van der Waals surface area contributed by atoms with Crippen LogP contribution in [0.15, 0.2) is 18.3 Å². The zero-order valence-electron chi connectivity index (χ0n) is 11.3. The molecule has 1 aliphatic rings. The lowest BCUT2D eigenvalue weighted by atomic mass is 10.1. The van der Waals surface area contributed by atoms with Gasteiger partial charge in [0.2, 0.25) is 5.91 Å². The second kappa shape index (κ2) is 5.54. The lowest BCUT2D eigenvalue weighted by Crippen LogP contribution is -2.15. The molecule has 5 nitrogen and oxygen atoms in total. The fourth-order valence-electron chi connectivity index (χ4n) is 2.49. The Morgan fingerprint density at radius 3 is 3.05 bits per heavy atom. The van der Waals surface area contributed by atoms with Gasteiger partial charge in [0.1, 0.15) is 11.1 Å². The summed E-state index contributed by atoms with van der Waals surface area (Å²) in [7, 11) is 0. The van der Waals surface area contributed by atoms with E-state index in [9.17, 15) is 10.1 Å². The van der Waals surface area contributed by atoms with Crippen LogP contribution in [0, 0.1) is 11.3 Å². The first-order chi connectivity index (χ1) is 10.2. The molecule has 0 aliphatic heterocycles. The maximum absolute atomic E-state index is 12.1. The van der Waals surface area contributed by atoms with Gasteiger partial charge in [-0.3, -0.25) is 9.78 Å². The molecule has 0 fully saturated rings. The minimum absolute atomic E-state index is 0.163. The molecular formula is C15H14N4OS. The van der Waals surface area contributed by atoms with Crippen molar-refractivity contribution >= 4 is 27.9 Å². The second-order valence-corrected chi connectivity index (χ2v) is 6.09. The molecule has 3 N–H and O–H groups in total. The predicted octanol–water partition coefficient (Wildman–Crippen LogP) is 2.27. The van der Waals surface area contributed by atoms with Crippen molar-refractivity contribution < 1.29 is 4.79 Å². The summed E-state index contributed by atoms with van der Waals surface area (Å²) in [6.07, 6.45) is 4.74. The summed E-state index contributed by atoms with van der Waals surface area (Å²) in [6, 6.07) is 5.67. The highest BCUT2D eigenvalue weighted by atomic mass is 32.1. The first kappa shape index (κ1) is 13.6. The zero-order chi connectivity index (χ0) is 14.8. The summed E-state index contributed by atoms with van der Waals surface area (Å²) >= 11 is 1.52. The SMILES string of the molecule is N#Cc1c(NC(=O)Cc2ccc(N)cn2)sc2c1CCC2. The topological polar surface area (TPSA) is 91.8 Å². The van der Waals surface area contributed by atoms with Crippen molar-refractivity contribution in [3.05, 3.63) is 40.0 Å². The first-order valence-corrected chi connectivity index (χ1v) is 7.54. The molecule has 0 aromatic carbocycles. The van der Waals surface area contributed by atoms with E-state index in [-0.39, 0.29) is 12.3 Å². The number of aryl methyl sites for hydroxylation is 1. The lowest BCUT2D eigenvalue weighted by molar-refractivity contribution is -0.115. The van der Waals surface area contributed by atoms with Gasteiger partial charge in [-0.15, -0.1) is 11.3 Å². The van der Waals surface area contributed by atoms with E-state index in [1.54, 1.807) is 12.1 Å². The molecule has 21 heavy (non-hydrogen) atoms. The molecule has 0 unspecified atom stereocenters. The van der Waals surface area contributed by atoms with Crippen LogP contribution >= 0.6 is 11.3 Å². The number of nitrogen functional groups attached to an aromatic ring is 1. The molecular weight excluding hydrogens is 284 g/mol. The van der Waals surface area contributed by atoms with Crippen LogP contribution in [-0.2, 0) is 24.1 Å². The maximum Gasteiger partial charge on any atom is 0.231 e. The number of fused-ring (bicyclic) bond motifs is 1. The van der Waals surface area contributed by atoms with E-state index in [1.807, 2.05) is 0 Å². The minimum atomic E-state index is -0.163. The Hall–Kier alpha value is -2.39. The minimum Gasteiger partial charge on any atom is -0.397 e. The van der Waals surface area contributed by atoms with Gasteiger partial charge in [-0.05, 0) is 37.0 Å². The van der Waals surface area contributed by atoms with Crippen molar-refractivity contribution in [3.8, 4) is 6.07 Å². The van der Waals surface area contributed by atoms with Crippen molar-refractivity contribution in [2.75, 3.05) is 11.1 Å². The molecule has 0 atom stereocenters. The number of carbonyl (C=O) groups excluding carboxylic acids is 1. The van der Waals surface area contributed by atoms with Crippen LogP contribution < -0.4 is 11.1 Å². The summed E-state index contributed by atoms with van der Waals surface area (Å²) < 4.78 is 0. The Balaban J connectivity index is 1.73. The predicted molar refractivity (Wildman–Crippen MR) is 82.0 cm³/mol. The van der Waals surface area contributed by atoms with E-state index in [0.717, 1.165) is 24.8 Å². The third-order valence-electron chi connectivity index (χ3n) is 3.48. The van der Waals surface area contributed by atoms with E-state index < -0.39 is 0 Å². The fourth-order valence-corrected chi connectivity index (χ4v) is 3.74. The van der Waals surface area contributed by atoms with Gasteiger partial charge in [0, 0.05) is 10.6 Å². The third kappa shape index (κ3) is 2.73. The molecule has 0 saturated heterocycles. The molecule has 0 spiro atoms. The first-order valence-electron chi connectivity index (χ1n) is 6.72. The van der Waals surface area contributed by atoms with Crippen LogP contribution in [-0.4, -0.2) is 10.9 Å². The van der Waals surface area contributed by atoms with Crippen molar-refractivity contribution in [1.82, 2.24) is 4.98 Å². The van der Waals surface area contributed by atoms with E-state index in [1.165, 1.54) is 22.4 Å². The van der Waals surface area contributed by atoms with Gasteiger partial charge in [-0.2, -0.15) is 5.26 Å². The monoisotopic (exact) mass is 298 g/mol. The van der Waals surface area contributed by atoms with E-state index in [4.69, 9.17) is 5.73 Å². The van der Waals surface area contributed by atoms with Gasteiger partial charge in [0.05, 0.1) is 23.9 Å². The van der Waals surface area contributed by atoms with Crippen LogP contribution in [0.2, 0.25) is 0 Å². The van der Waals surface area contributed by atoms with Crippen molar-refractivity contribution in [1.29, 1.82) is 5.26 Å². The number of thiophene rings is 1. The number of anilines is 2. The summed E-state index contributed by atoms with van der Waals surface area (Å²) in [6.45, 7) is 0. The van der Waals surface area contributed by atoms with Gasteiger partial charge >= 0.3 is 0 Å². The van der Waals surface area contributed by atoms with Gasteiger partial charge in [0.15, 0.2) is 0 Å². The van der Waals surface area contributed by atoms with Crippen LogP contribution in [0.3, 0.4) is 0 Å². The van der Waals surface area contributed by atoms with Crippen molar-refractivity contribution in [3.63, 3.8) is 0 Å². The molecule has 106 valence electrons. The standard InChI is InChI=1S/C15H14N4OS/c16-7-12-11-2-1-3-13(11)21-15(12)19-14(20)6-10-5-4-9(17)8-18-10/h4-5,8H,1-3,6,17H2,(H,19,20). The number of hydrogen-bond acceptors (Lipinski definition) is 5. The largest absolute Gasteiger partial charge is 0.397 e. The van der Waals surface area contributed by atoms with Crippen molar-refractivity contribution in [2.45, 2.75) is 25.7 Å². The highest BCUT2D eigenvalue weighted by molar-refractivity contribution is 7.16.